The fourth-order valence-corrected chi connectivity index (χ4v) is 16.3. The maximum Gasteiger partial charge on any atom is 2.00 e. The van der Waals surface area contributed by atoms with Crippen molar-refractivity contribution in [1.82, 2.24) is 15.1 Å². The van der Waals surface area contributed by atoms with Crippen molar-refractivity contribution in [1.29, 1.82) is 5.26 Å². The van der Waals surface area contributed by atoms with E-state index in [0.29, 0.717) is 111 Å². The van der Waals surface area contributed by atoms with Gasteiger partial charge in [-0.1, -0.05) is 146 Å². The maximum atomic E-state index is 14.4. The minimum Gasteiger partial charge on any atom is 2.00 e. The summed E-state index contributed by atoms with van der Waals surface area (Å²) in [6.07, 6.45) is 13.9. The van der Waals surface area contributed by atoms with Crippen LogP contribution in [0.15, 0.2) is 153 Å². The second-order valence-electron chi connectivity index (χ2n) is 26.5. The molecule has 35 heteroatoms. The molecular formula is C78H83BBr2F5I8MgN5O8S4V-. The van der Waals surface area contributed by atoms with E-state index in [1.165, 1.54) is 87.5 Å². The van der Waals surface area contributed by atoms with Crippen LogP contribution in [0.4, 0.5) is 22.0 Å². The van der Waals surface area contributed by atoms with Gasteiger partial charge < -0.3 is 12.9 Å². The zero-order valence-corrected chi connectivity index (χ0v) is 87.9. The molecule has 3 unspecified atom stereocenters. The molecule has 6 aromatic rings. The zero-order valence-electron chi connectivity index (χ0n) is 63.2. The molecule has 6 heterocycles. The van der Waals surface area contributed by atoms with Gasteiger partial charge in [-0.3, -0.25) is 43.4 Å². The van der Waals surface area contributed by atoms with Crippen LogP contribution in [-0.4, -0.2) is 113 Å². The molecule has 5 aliphatic heterocycles. The molecule has 0 bridgehead atoms. The van der Waals surface area contributed by atoms with Gasteiger partial charge in [-0.25, -0.2) is 22.0 Å². The number of nitrogens with zero attached hydrogens (tertiary/aromatic N) is 4. The topological polar surface area (TPSA) is 183 Å². The molecule has 10 aliphatic rings. The van der Waals surface area contributed by atoms with Crippen LogP contribution in [0.25, 0.3) is 0 Å². The Morgan fingerprint density at radius 3 is 1.48 bits per heavy atom. The number of hydrogen-bond donors (Lipinski definition) is 2. The molecule has 13 nitrogen and oxygen atoms in total. The molecular weight excluding hydrogens is 2620 g/mol. The maximum absolute atomic E-state index is 14.4. The number of alkyl halides is 2. The molecule has 0 saturated heterocycles. The summed E-state index contributed by atoms with van der Waals surface area (Å²) in [7, 11) is 4.96. The van der Waals surface area contributed by atoms with Crippen LogP contribution in [0, 0.1) is 70.0 Å². The van der Waals surface area contributed by atoms with E-state index in [4.69, 9.17) is 10.00 Å². The summed E-state index contributed by atoms with van der Waals surface area (Å²) < 4.78 is 75.6. The minimum atomic E-state index is -0.547. The number of rotatable bonds is 16. The van der Waals surface area contributed by atoms with Crippen molar-refractivity contribution in [3.8, 4) is 11.1 Å². The van der Waals surface area contributed by atoms with Gasteiger partial charge in [0.2, 0.25) is 0 Å². The molecule has 608 valence electrons. The summed E-state index contributed by atoms with van der Waals surface area (Å²) in [5, 5.41) is 12.9. The third-order valence-electron chi connectivity index (χ3n) is 18.2. The first kappa shape index (κ1) is 106. The SMILES string of the molecule is CC(=O)Oc1cc2c(s1)CCN(C(C(=O)C1CC1)c1ccccc1F)C2.Fc1ccccc1CBr.I.II.I[I-]I.N#CC1CC1.O=C(C1CC1)C(Br)c1ccccc1F.O=C(Cc1ccccc1F)C1CC1.O=C1CC2=C(CCN(C(C(=O)C3CC3)c3ccccc3F)C2)S1.O=C1CC2=C(CCNC2)S1.[B]=NS.[H-].[H-].[I][V][I].[Mg+2]. The van der Waals surface area contributed by atoms with Gasteiger partial charge in [0.1, 0.15) is 39.7 Å². The number of thioether (sulfide) groups is 2. The molecule has 1 N–H and O–H groups in total. The number of benzene rings is 5. The molecule has 1 aromatic heterocycles. The van der Waals surface area contributed by atoms with Crippen molar-refractivity contribution in [3.63, 3.8) is 0 Å². The van der Waals surface area contributed by atoms with Crippen molar-refractivity contribution in [2.75, 3.05) is 32.7 Å². The molecule has 113 heavy (non-hydrogen) atoms. The van der Waals surface area contributed by atoms with Crippen molar-refractivity contribution < 1.29 is 85.8 Å². The molecule has 5 fully saturated rings. The fourth-order valence-electron chi connectivity index (χ4n) is 12.0. The molecule has 5 aliphatic carbocycles. The third kappa shape index (κ3) is 37.7. The molecule has 3 atom stereocenters. The van der Waals surface area contributed by atoms with Crippen LogP contribution in [0.2, 0.25) is 0 Å². The van der Waals surface area contributed by atoms with Gasteiger partial charge in [-0.05, 0) is 164 Å². The molecule has 1 radical (unpaired) electrons. The second-order valence-corrected chi connectivity index (χ2v) is 59.6. The predicted molar refractivity (Wildman–Crippen MR) is 511 cm³/mol. The van der Waals surface area contributed by atoms with Gasteiger partial charge >= 0.3 is 154 Å². The zero-order chi connectivity index (χ0) is 81.1. The van der Waals surface area contributed by atoms with E-state index in [2.05, 4.69) is 192 Å². The van der Waals surface area contributed by atoms with E-state index in [1.54, 1.807) is 84.9 Å². The van der Waals surface area contributed by atoms with Crippen molar-refractivity contribution >= 4 is 288 Å². The Morgan fingerprint density at radius 2 is 1.07 bits per heavy atom. The predicted octanol–water partition coefficient (Wildman–Crippen LogP) is 20.4. The second kappa shape index (κ2) is 58.1. The Labute approximate surface area is 813 Å². The number of fused-ring (bicyclic) bond motifs is 1. The van der Waals surface area contributed by atoms with E-state index < -0.39 is 16.9 Å². The Balaban J connectivity index is 0.000000461. The summed E-state index contributed by atoms with van der Waals surface area (Å²) in [4.78, 5) is 89.8. The van der Waals surface area contributed by atoms with Gasteiger partial charge in [-0.2, -0.15) is 5.26 Å². The summed E-state index contributed by atoms with van der Waals surface area (Å²) in [6.45, 7) is 5.91. The summed E-state index contributed by atoms with van der Waals surface area (Å²) in [6, 6.07) is 35.7. The van der Waals surface area contributed by atoms with Crippen molar-refractivity contribution in [2.45, 2.75) is 138 Å². The summed E-state index contributed by atoms with van der Waals surface area (Å²) >= 11 is 28.2. The summed E-state index contributed by atoms with van der Waals surface area (Å²) in [5.74, 6) is -0.220. The normalized spacial score (nSPS) is 17.4. The monoisotopic (exact) mass is 2700 g/mol. The number of esters is 1. The fraction of sp³-hybridized carbons (Fsp3) is 0.410. The number of hydrogen-bond acceptors (Lipinski definition) is 17. The number of nitriles is 1. The Morgan fingerprint density at radius 1 is 0.664 bits per heavy atom. The first-order chi connectivity index (χ1) is 53.5. The average molecular weight is 2700 g/mol. The van der Waals surface area contributed by atoms with Gasteiger partial charge in [0.25, 0.3) is 0 Å². The van der Waals surface area contributed by atoms with Crippen molar-refractivity contribution in [3.05, 3.63) is 216 Å². The largest absolute Gasteiger partial charge is 2.00 e. The number of ether oxygens (including phenoxy) is 1. The molecule has 16 rings (SSSR count). The number of carbonyl (C=O) groups excluding carboxylic acids is 7. The number of ketones is 4. The number of thiophene rings is 1. The van der Waals surface area contributed by atoms with Gasteiger partial charge in [0.05, 0.1) is 18.2 Å². The first-order valence-electron chi connectivity index (χ1n) is 35.2. The third-order valence-corrected chi connectivity index (χ3v) is 23.1. The van der Waals surface area contributed by atoms with Crippen LogP contribution in [-0.2, 0) is 67.7 Å². The smallest absolute Gasteiger partial charge is 2.00 e. The minimum absolute atomic E-state index is 0. The van der Waals surface area contributed by atoms with E-state index in [9.17, 15) is 55.5 Å². The van der Waals surface area contributed by atoms with Crippen LogP contribution >= 0.6 is 218 Å². The number of nitrogens with one attached hydrogen (secondary N) is 1. The van der Waals surface area contributed by atoms with E-state index in [1.807, 2.05) is 12.1 Å². The number of thiol groups is 1. The molecule has 0 amide bonds. The van der Waals surface area contributed by atoms with Crippen molar-refractivity contribution in [2.24, 2.45) is 33.9 Å². The van der Waals surface area contributed by atoms with Crippen LogP contribution < -0.4 is 23.3 Å². The van der Waals surface area contributed by atoms with Crippen LogP contribution in [0.5, 0.6) is 5.06 Å². The Bertz CT molecular complexity index is 4250. The Kier molecular flexibility index (Phi) is 54.6. The molecule has 0 spiro atoms. The van der Waals surface area contributed by atoms with Gasteiger partial charge in [-0.15, -0.1) is 35.3 Å². The van der Waals surface area contributed by atoms with Gasteiger partial charge in [0.15, 0.2) is 32.6 Å². The van der Waals surface area contributed by atoms with E-state index in [0.717, 1.165) is 113 Å². The van der Waals surface area contributed by atoms with Gasteiger partial charge in [0, 0.05) is 153 Å². The molecule has 5 saturated carbocycles. The molecule has 5 aromatic carbocycles. The Hall–Kier alpha value is 0.856. The van der Waals surface area contributed by atoms with Crippen LogP contribution in [0.1, 0.15) is 155 Å². The standard InChI is InChI=1S/C20H20FNO3S.C18H18FNO2S.C11H10BrFO.C11H11FO.C7H6BrF.C7H9NOS.C4H5N.BHNS.I3.I2.3HI.Mg.V.2H/c1-12(23)25-18-10-14-11-22(9-8-17(14)26-18)19(20(24)13-6-7-13)15-4-2-3-5-16(15)21;19-14-4-2-1-3-13(14)17(18(22)11-5-6-11)20-8-7-15-12(10-20)9-16(21)23-15;12-10(11(14)7-5-6-7)8-3-1-2-4-9(8)13;12-10-4-2-1-3-9(10)7-11(13)8-5-6-8;8-5-6-3-1-2-4-7(6)9;9-7-3-5-4-8-2-1-6(5)10-7;5-3-4-1-2-4;1-2-3;1-3-2;1-2;;;;;;;/h2-5,10,13,19H,6-9,11H2,1H3;1-4,11,17H,5-10H2;1-4,7,10H,5-6H2;1-4,8H,5-7H2;1-4H,5H2;8H,1-4H2;4H,1-2H2;3H;;;3*1H;;;;/q;;;;;;;;-1;;;;;2*+2;2*-1/p-2. The number of Topliss-reactive ketones (excluding diaryl/α,β-unsaturated/α-hetero) is 4. The quantitative estimate of drug-likeness (QED) is 0.0233. The number of carbonyl (C=O) groups is 7. The van der Waals surface area contributed by atoms with E-state index in [-0.39, 0.29) is 143 Å². The van der Waals surface area contributed by atoms with E-state index >= 15 is 0 Å². The van der Waals surface area contributed by atoms with Crippen LogP contribution in [0.3, 0.4) is 0 Å². The summed E-state index contributed by atoms with van der Waals surface area (Å²) in [5.41, 5.74) is 6.13. The first-order valence-corrected chi connectivity index (χ1v) is 68.0. The number of halogens is 15. The average Bonchev–Trinajstić information content (AvgIpc) is 1.64.